The number of nitrogens with zero attached hydrogens (tertiary/aromatic N) is 1. The van der Waals surface area contributed by atoms with E-state index in [1.807, 2.05) is 13.8 Å². The SMILES string of the molecule is CC(C)(CN)C(O)c1ncc(Br)s1. The maximum absolute atomic E-state index is 9.91. The normalized spacial score (nSPS) is 14.5. The molecular weight excluding hydrogens is 252 g/mol. The molecule has 0 aromatic carbocycles. The summed E-state index contributed by atoms with van der Waals surface area (Å²) >= 11 is 4.74. The van der Waals surface area contributed by atoms with Crippen LogP contribution in [-0.2, 0) is 0 Å². The van der Waals surface area contributed by atoms with E-state index in [4.69, 9.17) is 5.73 Å². The highest BCUT2D eigenvalue weighted by molar-refractivity contribution is 9.11. The minimum absolute atomic E-state index is 0.322. The van der Waals surface area contributed by atoms with Crippen LogP contribution in [0.2, 0.25) is 0 Å². The molecular formula is C8H13BrN2OS. The Kier molecular flexibility index (Phi) is 3.45. The number of aliphatic hydroxyl groups is 1. The summed E-state index contributed by atoms with van der Waals surface area (Å²) in [7, 11) is 0. The van der Waals surface area contributed by atoms with Crippen molar-refractivity contribution in [1.29, 1.82) is 0 Å². The van der Waals surface area contributed by atoms with Crippen LogP contribution in [0, 0.1) is 5.41 Å². The Labute approximate surface area is 90.1 Å². The summed E-state index contributed by atoms with van der Waals surface area (Å²) in [5.41, 5.74) is 5.23. The van der Waals surface area contributed by atoms with Crippen molar-refractivity contribution in [2.45, 2.75) is 20.0 Å². The molecule has 0 saturated heterocycles. The van der Waals surface area contributed by atoms with Crippen molar-refractivity contribution in [3.05, 3.63) is 15.0 Å². The Balaban J connectivity index is 2.84. The van der Waals surface area contributed by atoms with Crippen molar-refractivity contribution in [2.24, 2.45) is 11.1 Å². The molecule has 1 unspecified atom stereocenters. The first-order valence-electron chi connectivity index (χ1n) is 3.97. The van der Waals surface area contributed by atoms with Crippen LogP contribution in [0.15, 0.2) is 9.98 Å². The zero-order valence-corrected chi connectivity index (χ0v) is 10.0. The molecule has 0 amide bonds. The number of nitrogens with two attached hydrogens (primary N) is 1. The Morgan fingerprint density at radius 2 is 2.38 bits per heavy atom. The van der Waals surface area contributed by atoms with E-state index in [-0.39, 0.29) is 5.41 Å². The summed E-state index contributed by atoms with van der Waals surface area (Å²) in [6.45, 7) is 4.28. The number of hydrogen-bond acceptors (Lipinski definition) is 4. The van der Waals surface area contributed by atoms with Gasteiger partial charge in [0.2, 0.25) is 0 Å². The molecule has 74 valence electrons. The van der Waals surface area contributed by atoms with Gasteiger partial charge in [0.05, 0.1) is 9.98 Å². The summed E-state index contributed by atoms with van der Waals surface area (Å²) in [6, 6.07) is 0. The van der Waals surface area contributed by atoms with Gasteiger partial charge in [-0.15, -0.1) is 11.3 Å². The number of aromatic nitrogens is 1. The minimum atomic E-state index is -0.589. The molecule has 1 aromatic rings. The molecule has 0 bridgehead atoms. The van der Waals surface area contributed by atoms with Crippen LogP contribution < -0.4 is 5.73 Å². The van der Waals surface area contributed by atoms with Gasteiger partial charge in [-0.3, -0.25) is 0 Å². The fourth-order valence-corrected chi connectivity index (χ4v) is 2.28. The third-order valence-electron chi connectivity index (χ3n) is 2.00. The Bertz CT molecular complexity index is 287. The lowest BCUT2D eigenvalue weighted by molar-refractivity contribution is 0.0553. The average Bonchev–Trinajstić information content (AvgIpc) is 2.50. The largest absolute Gasteiger partial charge is 0.385 e. The molecule has 13 heavy (non-hydrogen) atoms. The number of aliphatic hydroxyl groups excluding tert-OH is 1. The molecule has 5 heteroatoms. The first kappa shape index (κ1) is 11.1. The maximum atomic E-state index is 9.91. The van der Waals surface area contributed by atoms with Gasteiger partial charge in [-0.25, -0.2) is 4.98 Å². The summed E-state index contributed by atoms with van der Waals surface area (Å²) in [4.78, 5) is 4.10. The number of hydrogen-bond donors (Lipinski definition) is 2. The highest BCUT2D eigenvalue weighted by Gasteiger charge is 2.29. The standard InChI is InChI=1S/C8H13BrN2OS/c1-8(2,4-10)6(12)7-11-3-5(9)13-7/h3,6,12H,4,10H2,1-2H3. The second-order valence-electron chi connectivity index (χ2n) is 3.60. The topological polar surface area (TPSA) is 59.1 Å². The van der Waals surface area contributed by atoms with Gasteiger partial charge >= 0.3 is 0 Å². The Morgan fingerprint density at radius 3 is 2.77 bits per heavy atom. The molecule has 0 aliphatic heterocycles. The van der Waals surface area contributed by atoms with E-state index < -0.39 is 6.10 Å². The van der Waals surface area contributed by atoms with Crippen LogP contribution in [0.1, 0.15) is 25.0 Å². The van der Waals surface area contributed by atoms with E-state index in [1.165, 1.54) is 11.3 Å². The summed E-state index contributed by atoms with van der Waals surface area (Å²) < 4.78 is 0.925. The van der Waals surface area contributed by atoms with Crippen LogP contribution in [0.3, 0.4) is 0 Å². The first-order valence-corrected chi connectivity index (χ1v) is 5.57. The second-order valence-corrected chi connectivity index (χ2v) is 6.04. The monoisotopic (exact) mass is 264 g/mol. The van der Waals surface area contributed by atoms with Crippen LogP contribution in [0.4, 0.5) is 0 Å². The van der Waals surface area contributed by atoms with Crippen molar-refractivity contribution < 1.29 is 5.11 Å². The molecule has 0 fully saturated rings. The van der Waals surface area contributed by atoms with Crippen molar-refractivity contribution in [3.8, 4) is 0 Å². The van der Waals surface area contributed by atoms with Gasteiger partial charge in [0.25, 0.3) is 0 Å². The van der Waals surface area contributed by atoms with Gasteiger partial charge < -0.3 is 10.8 Å². The maximum Gasteiger partial charge on any atom is 0.123 e. The molecule has 1 aromatic heterocycles. The molecule has 0 radical (unpaired) electrons. The smallest absolute Gasteiger partial charge is 0.123 e. The minimum Gasteiger partial charge on any atom is -0.385 e. The molecule has 1 heterocycles. The van der Waals surface area contributed by atoms with E-state index in [9.17, 15) is 5.11 Å². The molecule has 1 rings (SSSR count). The predicted octanol–water partition coefficient (Wildman–Crippen LogP) is 1.92. The molecule has 3 nitrogen and oxygen atoms in total. The van der Waals surface area contributed by atoms with E-state index in [0.29, 0.717) is 11.6 Å². The van der Waals surface area contributed by atoms with Gasteiger partial charge in [0.1, 0.15) is 11.1 Å². The average molecular weight is 265 g/mol. The van der Waals surface area contributed by atoms with E-state index in [0.717, 1.165) is 3.79 Å². The zero-order chi connectivity index (χ0) is 10.1. The Hall–Kier alpha value is 0.0300. The number of rotatable bonds is 3. The van der Waals surface area contributed by atoms with Crippen LogP contribution in [-0.4, -0.2) is 16.6 Å². The Morgan fingerprint density at radius 1 is 1.77 bits per heavy atom. The molecule has 0 spiro atoms. The quantitative estimate of drug-likeness (QED) is 0.877. The van der Waals surface area contributed by atoms with Crippen molar-refractivity contribution in [2.75, 3.05) is 6.54 Å². The lowest BCUT2D eigenvalue weighted by Gasteiger charge is -2.27. The highest BCUT2D eigenvalue weighted by Crippen LogP contribution is 2.35. The third kappa shape index (κ3) is 2.49. The third-order valence-corrected chi connectivity index (χ3v) is 3.52. The molecule has 1 atom stereocenters. The molecule has 0 aliphatic carbocycles. The number of thiazole rings is 1. The lowest BCUT2D eigenvalue weighted by Crippen LogP contribution is -2.30. The summed E-state index contributed by atoms with van der Waals surface area (Å²) in [5, 5.41) is 10.6. The second kappa shape index (κ2) is 4.04. The van der Waals surface area contributed by atoms with Crippen molar-refractivity contribution in [3.63, 3.8) is 0 Å². The van der Waals surface area contributed by atoms with Gasteiger partial charge in [-0.2, -0.15) is 0 Å². The fourth-order valence-electron chi connectivity index (χ4n) is 0.839. The van der Waals surface area contributed by atoms with Gasteiger partial charge in [0.15, 0.2) is 0 Å². The summed E-state index contributed by atoms with van der Waals surface area (Å²) in [6.07, 6.45) is 1.10. The van der Waals surface area contributed by atoms with Crippen LogP contribution in [0.25, 0.3) is 0 Å². The fraction of sp³-hybridized carbons (Fsp3) is 0.625. The van der Waals surface area contributed by atoms with Crippen LogP contribution in [0.5, 0.6) is 0 Å². The molecule has 3 N–H and O–H groups in total. The van der Waals surface area contributed by atoms with Crippen molar-refractivity contribution in [1.82, 2.24) is 4.98 Å². The van der Waals surface area contributed by atoms with E-state index in [1.54, 1.807) is 6.20 Å². The van der Waals surface area contributed by atoms with E-state index >= 15 is 0 Å². The lowest BCUT2D eigenvalue weighted by atomic mass is 9.87. The van der Waals surface area contributed by atoms with Crippen LogP contribution >= 0.6 is 27.3 Å². The zero-order valence-electron chi connectivity index (χ0n) is 7.62. The van der Waals surface area contributed by atoms with Gasteiger partial charge in [-0.1, -0.05) is 13.8 Å². The first-order chi connectivity index (χ1) is 5.97. The summed E-state index contributed by atoms with van der Waals surface area (Å²) in [5.74, 6) is 0. The van der Waals surface area contributed by atoms with Crippen molar-refractivity contribution >= 4 is 27.3 Å². The molecule has 0 saturated carbocycles. The van der Waals surface area contributed by atoms with Gasteiger partial charge in [-0.05, 0) is 15.9 Å². The van der Waals surface area contributed by atoms with Gasteiger partial charge in [0, 0.05) is 12.0 Å². The van der Waals surface area contributed by atoms with E-state index in [2.05, 4.69) is 20.9 Å². The highest BCUT2D eigenvalue weighted by atomic mass is 79.9. The number of halogens is 1. The molecule has 0 aliphatic rings. The predicted molar refractivity (Wildman–Crippen MR) is 57.6 cm³/mol.